The molecule has 0 bridgehead atoms. The molecule has 1 unspecified atom stereocenters. The zero-order valence-electron chi connectivity index (χ0n) is 53.3. The predicted octanol–water partition coefficient (Wildman–Crippen LogP) is 23.8. The number of carbonyl (C=O) groups excluding carboxylic acids is 3. The summed E-state index contributed by atoms with van der Waals surface area (Å²) in [7, 11) is 0. The highest BCUT2D eigenvalue weighted by atomic mass is 16.6. The van der Waals surface area contributed by atoms with E-state index in [2.05, 4.69) is 130 Å². The molecule has 0 fully saturated rings. The molecule has 0 radical (unpaired) electrons. The van der Waals surface area contributed by atoms with Crippen LogP contribution in [0.1, 0.15) is 329 Å². The van der Waals surface area contributed by atoms with Gasteiger partial charge in [-0.15, -0.1) is 0 Å². The van der Waals surface area contributed by atoms with Crippen molar-refractivity contribution >= 4 is 17.9 Å². The Balaban J connectivity index is 4.23. The van der Waals surface area contributed by atoms with E-state index in [1.165, 1.54) is 173 Å². The van der Waals surface area contributed by atoms with Crippen molar-refractivity contribution in [3.8, 4) is 0 Å². The second kappa shape index (κ2) is 68.6. The zero-order valence-corrected chi connectivity index (χ0v) is 53.3. The van der Waals surface area contributed by atoms with Gasteiger partial charge >= 0.3 is 17.9 Å². The van der Waals surface area contributed by atoms with E-state index in [9.17, 15) is 14.4 Å². The van der Waals surface area contributed by atoms with E-state index in [1.807, 2.05) is 0 Å². The van der Waals surface area contributed by atoms with Gasteiger partial charge in [0, 0.05) is 19.3 Å². The molecule has 1 atom stereocenters. The lowest BCUT2D eigenvalue weighted by Crippen LogP contribution is -2.30. The standard InChI is InChI=1S/C75H128O6/c1-4-7-10-13-16-19-22-24-26-28-30-32-34-36-37-39-40-42-44-46-48-50-53-56-59-62-65-68-74(77)80-71-72(70-79-73(76)67-64-61-58-55-52-21-18-15-12-9-6-3)81-75(78)69-66-63-60-57-54-51-49-47-45-43-41-38-35-33-31-29-27-25-23-20-17-14-11-8-5-2/h7-8,10-11,15-20,24-27,30-33,72H,4-6,9,12-14,21-23,28-29,34-71H2,1-3H3/b10-7-,11-8-,18-15-,19-16-,20-17-,26-24-,27-25-,32-30-,33-31-. The van der Waals surface area contributed by atoms with Crippen molar-refractivity contribution in [1.82, 2.24) is 0 Å². The van der Waals surface area contributed by atoms with Crippen LogP contribution < -0.4 is 0 Å². The van der Waals surface area contributed by atoms with Crippen molar-refractivity contribution in [2.24, 2.45) is 0 Å². The summed E-state index contributed by atoms with van der Waals surface area (Å²) >= 11 is 0. The second-order valence-electron chi connectivity index (χ2n) is 22.7. The van der Waals surface area contributed by atoms with Gasteiger partial charge in [-0.05, 0) is 116 Å². The number of hydrogen-bond donors (Lipinski definition) is 0. The normalized spacial score (nSPS) is 12.8. The summed E-state index contributed by atoms with van der Waals surface area (Å²) in [5.74, 6) is -0.881. The van der Waals surface area contributed by atoms with Gasteiger partial charge in [-0.1, -0.05) is 304 Å². The summed E-state index contributed by atoms with van der Waals surface area (Å²) in [6, 6.07) is 0. The summed E-state index contributed by atoms with van der Waals surface area (Å²) in [5.41, 5.74) is 0. The molecule has 0 aromatic carbocycles. The van der Waals surface area contributed by atoms with Gasteiger partial charge < -0.3 is 14.2 Å². The van der Waals surface area contributed by atoms with Gasteiger partial charge in [-0.25, -0.2) is 0 Å². The number of ether oxygens (including phenoxy) is 3. The fourth-order valence-electron chi connectivity index (χ4n) is 9.64. The average molecular weight is 1130 g/mol. The SMILES string of the molecule is CC/C=C\C/C=C\C/C=C\C/C=C\CCCCCCCCCCCCCCCCC(=O)OCC(COC(=O)CCCCCCC/C=C\CCCC)OC(=O)CCCCCCCCCCCCCC/C=C\C/C=C\C/C=C\C/C=C\CC. The van der Waals surface area contributed by atoms with Gasteiger partial charge in [-0.3, -0.25) is 14.4 Å². The van der Waals surface area contributed by atoms with Crippen molar-refractivity contribution in [2.75, 3.05) is 13.2 Å². The molecule has 81 heavy (non-hydrogen) atoms. The van der Waals surface area contributed by atoms with E-state index in [1.54, 1.807) is 0 Å². The number of rotatable bonds is 62. The van der Waals surface area contributed by atoms with Crippen LogP contribution >= 0.6 is 0 Å². The lowest BCUT2D eigenvalue weighted by Gasteiger charge is -2.18. The molecule has 0 aliphatic carbocycles. The molecule has 6 heteroatoms. The molecule has 0 aliphatic heterocycles. The Labute approximate surface area is 501 Å². The lowest BCUT2D eigenvalue weighted by atomic mass is 10.0. The third kappa shape index (κ3) is 66.8. The van der Waals surface area contributed by atoms with E-state index >= 15 is 0 Å². The maximum atomic E-state index is 12.9. The smallest absolute Gasteiger partial charge is 0.306 e. The van der Waals surface area contributed by atoms with E-state index in [-0.39, 0.29) is 31.1 Å². The predicted molar refractivity (Wildman–Crippen MR) is 353 cm³/mol. The van der Waals surface area contributed by atoms with E-state index in [0.29, 0.717) is 19.3 Å². The zero-order chi connectivity index (χ0) is 58.5. The fraction of sp³-hybridized carbons (Fsp3) is 0.720. The van der Waals surface area contributed by atoms with Crippen LogP contribution in [0.5, 0.6) is 0 Å². The second-order valence-corrected chi connectivity index (χ2v) is 22.7. The molecule has 0 saturated heterocycles. The van der Waals surface area contributed by atoms with Crippen molar-refractivity contribution in [3.05, 3.63) is 109 Å². The Morgan fingerprint density at radius 1 is 0.259 bits per heavy atom. The van der Waals surface area contributed by atoms with Crippen LogP contribution in [-0.4, -0.2) is 37.2 Å². The van der Waals surface area contributed by atoms with Crippen molar-refractivity contribution in [1.29, 1.82) is 0 Å². The van der Waals surface area contributed by atoms with Crippen LogP contribution in [0.2, 0.25) is 0 Å². The van der Waals surface area contributed by atoms with E-state index in [0.717, 1.165) is 116 Å². The van der Waals surface area contributed by atoms with Crippen molar-refractivity contribution < 1.29 is 28.6 Å². The molecular formula is C75H128O6. The minimum Gasteiger partial charge on any atom is -0.462 e. The van der Waals surface area contributed by atoms with Crippen LogP contribution in [0.3, 0.4) is 0 Å². The van der Waals surface area contributed by atoms with Gasteiger partial charge in [-0.2, -0.15) is 0 Å². The minimum absolute atomic E-state index is 0.0799. The van der Waals surface area contributed by atoms with Gasteiger partial charge in [0.05, 0.1) is 0 Å². The molecule has 0 heterocycles. The summed E-state index contributed by atoms with van der Waals surface area (Å²) in [5, 5.41) is 0. The molecule has 0 N–H and O–H groups in total. The lowest BCUT2D eigenvalue weighted by molar-refractivity contribution is -0.167. The number of hydrogen-bond acceptors (Lipinski definition) is 6. The van der Waals surface area contributed by atoms with Crippen LogP contribution in [0.15, 0.2) is 109 Å². The Morgan fingerprint density at radius 3 is 0.765 bits per heavy atom. The van der Waals surface area contributed by atoms with E-state index < -0.39 is 6.10 Å². The first-order valence-electron chi connectivity index (χ1n) is 34.4. The Morgan fingerprint density at radius 2 is 0.481 bits per heavy atom. The maximum Gasteiger partial charge on any atom is 0.306 e. The number of carbonyl (C=O) groups is 3. The number of esters is 3. The molecule has 0 aliphatic rings. The van der Waals surface area contributed by atoms with Gasteiger partial charge in [0.25, 0.3) is 0 Å². The average Bonchev–Trinajstić information content (AvgIpc) is 3.47. The quantitative estimate of drug-likeness (QED) is 0.0261. The summed E-state index contributed by atoms with van der Waals surface area (Å²) in [6.45, 7) is 6.40. The summed E-state index contributed by atoms with van der Waals surface area (Å²) < 4.78 is 16.9. The maximum absolute atomic E-state index is 12.9. The van der Waals surface area contributed by atoms with Gasteiger partial charge in [0.1, 0.15) is 13.2 Å². The minimum atomic E-state index is -0.784. The fourth-order valence-corrected chi connectivity index (χ4v) is 9.64. The summed E-state index contributed by atoms with van der Waals surface area (Å²) in [4.78, 5) is 38.4. The Hall–Kier alpha value is -3.93. The summed E-state index contributed by atoms with van der Waals surface area (Å²) in [6.07, 6.45) is 94.0. The van der Waals surface area contributed by atoms with Crippen LogP contribution in [0, 0.1) is 0 Å². The molecule has 0 amide bonds. The molecule has 464 valence electrons. The van der Waals surface area contributed by atoms with Crippen LogP contribution in [-0.2, 0) is 28.6 Å². The first-order valence-corrected chi connectivity index (χ1v) is 34.4. The molecule has 0 rings (SSSR count). The first-order chi connectivity index (χ1) is 40.0. The topological polar surface area (TPSA) is 78.9 Å². The Kier molecular flexibility index (Phi) is 65.2. The highest BCUT2D eigenvalue weighted by molar-refractivity contribution is 5.71. The number of unbranched alkanes of at least 4 members (excludes halogenated alkanes) is 33. The highest BCUT2D eigenvalue weighted by Crippen LogP contribution is 2.17. The van der Waals surface area contributed by atoms with Gasteiger partial charge in [0.2, 0.25) is 0 Å². The third-order valence-corrected chi connectivity index (χ3v) is 14.7. The molecule has 0 saturated carbocycles. The number of allylic oxidation sites excluding steroid dienone is 18. The molecule has 0 spiro atoms. The van der Waals surface area contributed by atoms with Crippen LogP contribution in [0.25, 0.3) is 0 Å². The van der Waals surface area contributed by atoms with Crippen molar-refractivity contribution in [3.63, 3.8) is 0 Å². The van der Waals surface area contributed by atoms with Crippen molar-refractivity contribution in [2.45, 2.75) is 335 Å². The third-order valence-electron chi connectivity index (χ3n) is 14.7. The highest BCUT2D eigenvalue weighted by Gasteiger charge is 2.19. The largest absolute Gasteiger partial charge is 0.462 e. The van der Waals surface area contributed by atoms with Crippen LogP contribution in [0.4, 0.5) is 0 Å². The van der Waals surface area contributed by atoms with E-state index in [4.69, 9.17) is 14.2 Å². The molecule has 6 nitrogen and oxygen atoms in total. The Bertz CT molecular complexity index is 1620. The molecule has 0 aromatic rings. The molecule has 0 aromatic heterocycles. The molecular weight excluding hydrogens is 997 g/mol. The monoisotopic (exact) mass is 1120 g/mol. The van der Waals surface area contributed by atoms with Gasteiger partial charge in [0.15, 0.2) is 6.10 Å². The first kappa shape index (κ1) is 77.1.